The Morgan fingerprint density at radius 1 is 1.28 bits per heavy atom. The van der Waals surface area contributed by atoms with Gasteiger partial charge in [0.25, 0.3) is 8.53 Å². The first-order chi connectivity index (χ1) is 8.43. The smallest absolute Gasteiger partial charge is 0.435 e. The number of carbonyl (C=O) groups excluding carboxylic acids is 1. The van der Waals surface area contributed by atoms with Crippen molar-refractivity contribution in [3.63, 3.8) is 0 Å². The molecule has 108 valence electrons. The molecular formula is C5H12F4N3O3P3. The second-order valence-corrected chi connectivity index (χ2v) is 6.60. The Hall–Kier alpha value is 0.160. The number of ether oxygens (including phenoxy) is 2. The van der Waals surface area contributed by atoms with Crippen molar-refractivity contribution < 1.29 is 31.6 Å². The molecule has 0 aromatic heterocycles. The van der Waals surface area contributed by atoms with Crippen molar-refractivity contribution >= 4 is 32.1 Å². The molecule has 0 aromatic carbocycles. The number of nitrogens with one attached hydrogen (secondary N) is 1. The highest BCUT2D eigenvalue weighted by molar-refractivity contribution is 7.74. The molecule has 0 radical (unpaired) electrons. The molecule has 3 atom stereocenters. The molecule has 0 aromatic rings. The summed E-state index contributed by atoms with van der Waals surface area (Å²) in [5, 5.41) is 0. The molecular weight excluding hydrogens is 319 g/mol. The largest absolute Gasteiger partial charge is 0.508 e. The van der Waals surface area contributed by atoms with E-state index in [9.17, 15) is 22.2 Å². The van der Waals surface area contributed by atoms with Crippen molar-refractivity contribution in [3.8, 4) is 0 Å². The molecule has 1 fully saturated rings. The summed E-state index contributed by atoms with van der Waals surface area (Å²) in [6.07, 6.45) is -0.588. The fourth-order valence-electron chi connectivity index (χ4n) is 0.572. The third kappa shape index (κ3) is 6.92. The lowest BCUT2D eigenvalue weighted by Crippen LogP contribution is -2.16. The van der Waals surface area contributed by atoms with Crippen LogP contribution in [0.5, 0.6) is 0 Å². The molecule has 1 N–H and O–H groups in total. The van der Waals surface area contributed by atoms with Crippen molar-refractivity contribution in [3.05, 3.63) is 0 Å². The highest BCUT2D eigenvalue weighted by atomic mass is 31.3. The molecule has 3 unspecified atom stereocenters. The Labute approximate surface area is 106 Å². The second kappa shape index (κ2) is 10.0. The third-order valence-electron chi connectivity index (χ3n) is 1.18. The van der Waals surface area contributed by atoms with Crippen molar-refractivity contribution in [2.75, 3.05) is 13.2 Å². The molecule has 0 aliphatic carbocycles. The van der Waals surface area contributed by atoms with E-state index in [4.69, 9.17) is 0 Å². The zero-order chi connectivity index (χ0) is 14.1. The van der Waals surface area contributed by atoms with Crippen LogP contribution in [0.15, 0.2) is 0 Å². The molecule has 13 heteroatoms. The minimum absolute atomic E-state index is 0.374. The Morgan fingerprint density at radius 2 is 1.78 bits per heavy atom. The molecule has 1 heterocycles. The predicted octanol–water partition coefficient (Wildman–Crippen LogP) is 4.04. The summed E-state index contributed by atoms with van der Waals surface area (Å²) in [5.74, 6) is 0. The van der Waals surface area contributed by atoms with Gasteiger partial charge in [0.15, 0.2) is 0 Å². The van der Waals surface area contributed by atoms with Gasteiger partial charge in [0.05, 0.1) is 22.1 Å². The molecule has 6 nitrogen and oxygen atoms in total. The summed E-state index contributed by atoms with van der Waals surface area (Å²) < 4.78 is 55.9. The van der Waals surface area contributed by atoms with Crippen LogP contribution < -0.4 is 4.86 Å². The van der Waals surface area contributed by atoms with Gasteiger partial charge in [-0.1, -0.05) is 0 Å². The van der Waals surface area contributed by atoms with Crippen LogP contribution in [0.2, 0.25) is 0 Å². The van der Waals surface area contributed by atoms with Gasteiger partial charge in [-0.05, 0) is 23.2 Å². The zero-order valence-electron chi connectivity index (χ0n) is 9.44. The van der Waals surface area contributed by atoms with E-state index in [-0.39, 0.29) is 0 Å². The molecule has 0 spiro atoms. The second-order valence-electron chi connectivity index (χ2n) is 2.34. The fourth-order valence-corrected chi connectivity index (χ4v) is 4.02. The van der Waals surface area contributed by atoms with E-state index in [1.165, 1.54) is 0 Å². The maximum absolute atomic E-state index is 12.1. The third-order valence-corrected chi connectivity index (χ3v) is 5.07. The summed E-state index contributed by atoms with van der Waals surface area (Å²) in [7, 11) is -6.87. The number of hydrogen-bond donors (Lipinski definition) is 1. The minimum Gasteiger partial charge on any atom is -0.435 e. The van der Waals surface area contributed by atoms with Crippen LogP contribution in [-0.2, 0) is 9.47 Å². The first-order valence-corrected chi connectivity index (χ1v) is 7.85. The summed E-state index contributed by atoms with van der Waals surface area (Å²) in [6, 6.07) is 0. The minimum atomic E-state index is -3.22. The average Bonchev–Trinajstić information content (AvgIpc) is 2.33. The normalized spacial score (nSPS) is 26.3. The van der Waals surface area contributed by atoms with Crippen LogP contribution in [0, 0.1) is 0 Å². The van der Waals surface area contributed by atoms with E-state index in [0.29, 0.717) is 13.2 Å². The Balaban J connectivity index is 0.000000331. The van der Waals surface area contributed by atoms with Gasteiger partial charge in [-0.25, -0.2) is 9.65 Å². The van der Waals surface area contributed by atoms with Crippen LogP contribution >= 0.6 is 25.9 Å². The summed E-state index contributed by atoms with van der Waals surface area (Å²) in [5.41, 5.74) is 0. The predicted molar refractivity (Wildman–Crippen MR) is 62.0 cm³/mol. The lowest BCUT2D eigenvalue weighted by atomic mass is 10.8. The van der Waals surface area contributed by atoms with Gasteiger partial charge >= 0.3 is 14.7 Å². The summed E-state index contributed by atoms with van der Waals surface area (Å²) in [6.45, 7) is 4.21. The topological polar surface area (TPSA) is 54.0 Å². The van der Waals surface area contributed by atoms with E-state index in [1.807, 2.05) is 4.86 Å². The van der Waals surface area contributed by atoms with Crippen LogP contribution in [0.25, 0.3) is 0 Å². The van der Waals surface area contributed by atoms with Crippen LogP contribution in [-0.4, -0.2) is 28.7 Å². The highest BCUT2D eigenvalue weighted by Gasteiger charge is 2.39. The number of nitrogens with zero attached hydrogens (tertiary/aromatic N) is 2. The average molecular weight is 331 g/mol. The summed E-state index contributed by atoms with van der Waals surface area (Å²) >= 11 is 0. The zero-order valence-corrected chi connectivity index (χ0v) is 12.2. The fraction of sp³-hybridized carbons (Fsp3) is 0.800. The Kier molecular flexibility index (Phi) is 10.1. The van der Waals surface area contributed by atoms with E-state index in [0.717, 1.165) is 0 Å². The maximum atomic E-state index is 12.1. The lowest BCUT2D eigenvalue weighted by molar-refractivity contribution is 0.0630. The van der Waals surface area contributed by atoms with Gasteiger partial charge in [-0.2, -0.15) is 8.39 Å². The molecule has 1 aliphatic rings. The number of halogens is 4. The van der Waals surface area contributed by atoms with Crippen LogP contribution in [0.4, 0.5) is 22.2 Å². The van der Waals surface area contributed by atoms with E-state index in [1.54, 1.807) is 13.8 Å². The Bertz CT molecular complexity index is 235. The van der Waals surface area contributed by atoms with Gasteiger partial charge < -0.3 is 9.47 Å². The standard InChI is InChI=1S/C5H10O3.F4H2N3P3/c1-3-7-5(6)8-4-2;1-6-8-5-9(3)7(2)10(6)4/h3-4H2,1-2H3;5,8H. The number of carbonyl (C=O) groups is 1. The van der Waals surface area contributed by atoms with Crippen molar-refractivity contribution in [1.82, 2.24) is 14.2 Å². The van der Waals surface area contributed by atoms with Crippen molar-refractivity contribution in [2.45, 2.75) is 13.8 Å². The number of rotatable bonds is 2. The monoisotopic (exact) mass is 331 g/mol. The van der Waals surface area contributed by atoms with Crippen molar-refractivity contribution in [2.24, 2.45) is 0 Å². The molecule has 1 rings (SSSR count). The first kappa shape index (κ1) is 18.2. The maximum Gasteiger partial charge on any atom is 0.508 e. The van der Waals surface area contributed by atoms with Crippen molar-refractivity contribution in [1.29, 1.82) is 0 Å². The number of hydrogen-bond acceptors (Lipinski definition) is 6. The summed E-state index contributed by atoms with van der Waals surface area (Å²) in [4.78, 5) is 12.0. The van der Waals surface area contributed by atoms with Gasteiger partial charge in [-0.3, -0.25) is 0 Å². The molecule has 1 aliphatic heterocycles. The first-order valence-electron chi connectivity index (χ1n) is 4.58. The molecule has 1 saturated heterocycles. The molecule has 0 bridgehead atoms. The molecule has 18 heavy (non-hydrogen) atoms. The van der Waals surface area contributed by atoms with Gasteiger partial charge in [0, 0.05) is 0 Å². The van der Waals surface area contributed by atoms with Crippen LogP contribution in [0.1, 0.15) is 13.8 Å². The van der Waals surface area contributed by atoms with Gasteiger partial charge in [0.1, 0.15) is 0 Å². The highest BCUT2D eigenvalue weighted by Crippen LogP contribution is 2.67. The van der Waals surface area contributed by atoms with Gasteiger partial charge in [-0.15, -0.1) is 8.96 Å². The Morgan fingerprint density at radius 3 is 2.17 bits per heavy atom. The lowest BCUT2D eigenvalue weighted by Gasteiger charge is -2.27. The van der Waals surface area contributed by atoms with E-state index < -0.39 is 41.4 Å². The van der Waals surface area contributed by atoms with Gasteiger partial charge in [0.2, 0.25) is 0 Å². The van der Waals surface area contributed by atoms with E-state index in [2.05, 4.69) is 9.47 Å². The SMILES string of the molecule is CCOC(=O)OCC.FN1PNP(F)N(F)P1F. The van der Waals surface area contributed by atoms with Crippen LogP contribution in [0.3, 0.4) is 0 Å². The van der Waals surface area contributed by atoms with E-state index >= 15 is 0 Å². The molecule has 0 saturated carbocycles. The quantitative estimate of drug-likeness (QED) is 0.357. The molecule has 0 amide bonds.